The van der Waals surface area contributed by atoms with Crippen molar-refractivity contribution in [3.05, 3.63) is 28.5 Å². The fourth-order valence-corrected chi connectivity index (χ4v) is 3.80. The summed E-state index contributed by atoms with van der Waals surface area (Å²) in [6.07, 6.45) is 2.33. The molecule has 0 atom stereocenters. The molecule has 1 aliphatic rings. The van der Waals surface area contributed by atoms with E-state index in [4.69, 9.17) is 0 Å². The number of halogens is 2. The van der Waals surface area contributed by atoms with Crippen molar-refractivity contribution in [3.8, 4) is 0 Å². The van der Waals surface area contributed by atoms with Crippen LogP contribution in [0.25, 0.3) is 0 Å². The van der Waals surface area contributed by atoms with Gasteiger partial charge in [0.2, 0.25) is 10.0 Å². The summed E-state index contributed by atoms with van der Waals surface area (Å²) < 4.78 is 40.2. The van der Waals surface area contributed by atoms with Crippen molar-refractivity contribution in [2.45, 2.75) is 17.7 Å². The van der Waals surface area contributed by atoms with Gasteiger partial charge in [-0.05, 0) is 44.1 Å². The summed E-state index contributed by atoms with van der Waals surface area (Å²) in [6, 6.07) is 3.99. The van der Waals surface area contributed by atoms with E-state index in [0.717, 1.165) is 25.9 Å². The van der Waals surface area contributed by atoms with E-state index in [1.54, 1.807) is 0 Å². The van der Waals surface area contributed by atoms with Gasteiger partial charge in [-0.1, -0.05) is 15.9 Å². The third-order valence-electron chi connectivity index (χ3n) is 3.51. The Kier molecular flexibility index (Phi) is 5.17. The van der Waals surface area contributed by atoms with Crippen molar-refractivity contribution in [1.29, 1.82) is 0 Å². The first-order valence-electron chi connectivity index (χ1n) is 6.55. The molecule has 1 heterocycles. The Bertz CT molecular complexity index is 574. The molecule has 1 fully saturated rings. The van der Waals surface area contributed by atoms with Crippen LogP contribution in [0.5, 0.6) is 0 Å². The van der Waals surface area contributed by atoms with Crippen molar-refractivity contribution in [3.63, 3.8) is 0 Å². The minimum atomic E-state index is -3.77. The van der Waals surface area contributed by atoms with Gasteiger partial charge in [-0.2, -0.15) is 4.31 Å². The third-order valence-corrected chi connectivity index (χ3v) is 5.90. The maximum absolute atomic E-state index is 13.8. The van der Waals surface area contributed by atoms with E-state index in [1.807, 2.05) is 0 Å². The Morgan fingerprint density at radius 2 is 2.00 bits per heavy atom. The van der Waals surface area contributed by atoms with Gasteiger partial charge in [0.15, 0.2) is 0 Å². The van der Waals surface area contributed by atoms with Crippen molar-refractivity contribution < 1.29 is 12.8 Å². The predicted octanol–water partition coefficient (Wildman–Crippen LogP) is 2.30. The molecule has 7 heteroatoms. The van der Waals surface area contributed by atoms with Crippen LogP contribution in [-0.2, 0) is 10.0 Å². The number of hydrogen-bond acceptors (Lipinski definition) is 3. The van der Waals surface area contributed by atoms with Crippen molar-refractivity contribution in [2.24, 2.45) is 0 Å². The van der Waals surface area contributed by atoms with Crippen molar-refractivity contribution in [1.82, 2.24) is 9.21 Å². The molecule has 1 aromatic carbocycles. The first kappa shape index (κ1) is 15.9. The summed E-state index contributed by atoms with van der Waals surface area (Å²) in [4.78, 5) is 1.95. The Hall–Kier alpha value is -0.500. The molecule has 0 bridgehead atoms. The Labute approximate surface area is 127 Å². The maximum Gasteiger partial charge on any atom is 0.245 e. The molecule has 1 aliphatic heterocycles. The second-order valence-corrected chi connectivity index (χ2v) is 7.88. The lowest BCUT2D eigenvalue weighted by Crippen LogP contribution is -2.35. The van der Waals surface area contributed by atoms with Crippen LogP contribution in [0.1, 0.15) is 12.8 Å². The average molecular weight is 365 g/mol. The van der Waals surface area contributed by atoms with Gasteiger partial charge in [0.25, 0.3) is 0 Å². The maximum atomic E-state index is 13.8. The van der Waals surface area contributed by atoms with E-state index < -0.39 is 15.8 Å². The normalized spacial score (nSPS) is 17.0. The van der Waals surface area contributed by atoms with Gasteiger partial charge in [0, 0.05) is 24.6 Å². The summed E-state index contributed by atoms with van der Waals surface area (Å²) >= 11 is 3.12. The number of hydrogen-bond donors (Lipinski definition) is 0. The van der Waals surface area contributed by atoms with Gasteiger partial charge >= 0.3 is 0 Å². The lowest BCUT2D eigenvalue weighted by atomic mass is 10.3. The molecule has 20 heavy (non-hydrogen) atoms. The SMILES string of the molecule is CN(CCN1CCCC1)S(=O)(=O)c1ccc(Br)cc1F. The lowest BCUT2D eigenvalue weighted by Gasteiger charge is -2.21. The zero-order valence-corrected chi connectivity index (χ0v) is 13.8. The van der Waals surface area contributed by atoms with Crippen molar-refractivity contribution in [2.75, 3.05) is 33.2 Å². The van der Waals surface area contributed by atoms with E-state index in [1.165, 1.54) is 29.6 Å². The number of benzene rings is 1. The molecule has 0 amide bonds. The fourth-order valence-electron chi connectivity index (χ4n) is 2.26. The Morgan fingerprint density at radius 1 is 1.35 bits per heavy atom. The molecule has 0 saturated carbocycles. The summed E-state index contributed by atoms with van der Waals surface area (Å²) in [5.74, 6) is -0.729. The third kappa shape index (κ3) is 3.58. The average Bonchev–Trinajstić information content (AvgIpc) is 2.88. The smallest absolute Gasteiger partial charge is 0.245 e. The Balaban J connectivity index is 2.08. The van der Waals surface area contributed by atoms with Crippen LogP contribution in [0.3, 0.4) is 0 Å². The van der Waals surface area contributed by atoms with Crippen LogP contribution in [0, 0.1) is 5.82 Å². The van der Waals surface area contributed by atoms with E-state index in [9.17, 15) is 12.8 Å². The largest absolute Gasteiger partial charge is 0.302 e. The van der Waals surface area contributed by atoms with Crippen LogP contribution >= 0.6 is 15.9 Å². The minimum Gasteiger partial charge on any atom is -0.302 e. The molecule has 2 rings (SSSR count). The quantitative estimate of drug-likeness (QED) is 0.804. The fraction of sp³-hybridized carbons (Fsp3) is 0.538. The highest BCUT2D eigenvalue weighted by Gasteiger charge is 2.25. The predicted molar refractivity (Wildman–Crippen MR) is 79.6 cm³/mol. The first-order valence-corrected chi connectivity index (χ1v) is 8.78. The van der Waals surface area contributed by atoms with Crippen LogP contribution in [0.2, 0.25) is 0 Å². The summed E-state index contributed by atoms with van der Waals surface area (Å²) in [5.41, 5.74) is 0. The first-order chi connectivity index (χ1) is 9.41. The number of sulfonamides is 1. The molecule has 0 radical (unpaired) electrons. The van der Waals surface area contributed by atoms with Crippen LogP contribution in [-0.4, -0.2) is 50.8 Å². The lowest BCUT2D eigenvalue weighted by molar-refractivity contribution is 0.309. The topological polar surface area (TPSA) is 40.6 Å². The second kappa shape index (κ2) is 6.51. The van der Waals surface area contributed by atoms with Crippen LogP contribution in [0.15, 0.2) is 27.6 Å². The van der Waals surface area contributed by atoms with E-state index >= 15 is 0 Å². The summed E-state index contributed by atoms with van der Waals surface area (Å²) in [5, 5.41) is 0. The molecular weight excluding hydrogens is 347 g/mol. The van der Waals surface area contributed by atoms with Crippen LogP contribution < -0.4 is 0 Å². The highest BCUT2D eigenvalue weighted by Crippen LogP contribution is 2.22. The van der Waals surface area contributed by atoms with Crippen molar-refractivity contribution >= 4 is 26.0 Å². The van der Waals surface area contributed by atoms with Gasteiger partial charge < -0.3 is 4.90 Å². The summed E-state index contributed by atoms with van der Waals surface area (Å²) in [7, 11) is -2.27. The molecule has 0 aliphatic carbocycles. The molecule has 0 aromatic heterocycles. The van der Waals surface area contributed by atoms with Gasteiger partial charge in [0.05, 0.1) is 0 Å². The molecular formula is C13H18BrFN2O2S. The molecule has 112 valence electrons. The number of likely N-dealkylation sites (tertiary alicyclic amines) is 1. The second-order valence-electron chi connectivity index (χ2n) is 4.95. The monoisotopic (exact) mass is 364 g/mol. The van der Waals surface area contributed by atoms with E-state index in [2.05, 4.69) is 20.8 Å². The Morgan fingerprint density at radius 3 is 2.60 bits per heavy atom. The summed E-state index contributed by atoms with van der Waals surface area (Å²) in [6.45, 7) is 3.09. The molecule has 4 nitrogen and oxygen atoms in total. The van der Waals surface area contributed by atoms with Crippen LogP contribution in [0.4, 0.5) is 4.39 Å². The van der Waals surface area contributed by atoms with E-state index in [-0.39, 0.29) is 4.90 Å². The molecule has 0 unspecified atom stereocenters. The minimum absolute atomic E-state index is 0.273. The zero-order chi connectivity index (χ0) is 14.8. The van der Waals surface area contributed by atoms with Gasteiger partial charge in [-0.25, -0.2) is 12.8 Å². The van der Waals surface area contributed by atoms with Gasteiger partial charge in [-0.15, -0.1) is 0 Å². The van der Waals surface area contributed by atoms with E-state index in [0.29, 0.717) is 17.6 Å². The highest BCUT2D eigenvalue weighted by atomic mass is 79.9. The zero-order valence-electron chi connectivity index (χ0n) is 11.3. The number of rotatable bonds is 5. The molecule has 0 spiro atoms. The number of likely N-dealkylation sites (N-methyl/N-ethyl adjacent to an activating group) is 1. The van der Waals surface area contributed by atoms with Gasteiger partial charge in [0.1, 0.15) is 10.7 Å². The van der Waals surface area contributed by atoms with Gasteiger partial charge in [-0.3, -0.25) is 0 Å². The number of nitrogens with zero attached hydrogens (tertiary/aromatic N) is 2. The molecule has 0 N–H and O–H groups in total. The standard InChI is InChI=1S/C13H18BrFN2O2S/c1-16(8-9-17-6-2-3-7-17)20(18,19)13-5-4-11(14)10-12(13)15/h4-5,10H,2-3,6-9H2,1H3. The molecule has 1 aromatic rings. The molecule has 1 saturated heterocycles. The highest BCUT2D eigenvalue weighted by molar-refractivity contribution is 9.10.